The van der Waals surface area contributed by atoms with Gasteiger partial charge in [-0.15, -0.1) is 0 Å². The number of aromatic nitrogens is 2. The van der Waals surface area contributed by atoms with E-state index < -0.39 is 0 Å². The Morgan fingerprint density at radius 3 is 2.33 bits per heavy atom. The Hall–Kier alpha value is -0.830. The summed E-state index contributed by atoms with van der Waals surface area (Å²) >= 11 is 0. The Morgan fingerprint density at radius 1 is 1.28 bits per heavy atom. The molecule has 0 saturated carbocycles. The Labute approximate surface area is 112 Å². The summed E-state index contributed by atoms with van der Waals surface area (Å²) in [5.74, 6) is 0. The average Bonchev–Trinajstić information content (AvgIpc) is 2.43. The minimum absolute atomic E-state index is 0.410. The fraction of sp³-hybridized carbons (Fsp3) is 0.800. The van der Waals surface area contributed by atoms with Gasteiger partial charge in [0.05, 0.1) is 5.69 Å². The predicted octanol–water partition coefficient (Wildman–Crippen LogP) is 2.99. The van der Waals surface area contributed by atoms with Crippen LogP contribution in [0.5, 0.6) is 0 Å². The average molecular weight is 251 g/mol. The first kappa shape index (κ1) is 15.2. The molecular weight excluding hydrogens is 222 g/mol. The number of hydrogen-bond donors (Lipinski definition) is 1. The lowest BCUT2D eigenvalue weighted by Gasteiger charge is -2.20. The summed E-state index contributed by atoms with van der Waals surface area (Å²) in [6.45, 7) is 14.5. The first-order chi connectivity index (χ1) is 8.20. The van der Waals surface area contributed by atoms with Gasteiger partial charge in [-0.2, -0.15) is 5.10 Å². The van der Waals surface area contributed by atoms with Gasteiger partial charge in [0.2, 0.25) is 0 Å². The van der Waals surface area contributed by atoms with Gasteiger partial charge in [-0.05, 0) is 51.1 Å². The third-order valence-corrected chi connectivity index (χ3v) is 3.54. The zero-order valence-corrected chi connectivity index (χ0v) is 13.1. The van der Waals surface area contributed by atoms with Crippen LogP contribution in [0.4, 0.5) is 0 Å². The maximum absolute atomic E-state index is 4.47. The van der Waals surface area contributed by atoms with Crippen molar-refractivity contribution in [2.75, 3.05) is 6.54 Å². The molecule has 0 bridgehead atoms. The fourth-order valence-corrected chi connectivity index (χ4v) is 2.18. The lowest BCUT2D eigenvalue weighted by molar-refractivity contribution is 0.356. The topological polar surface area (TPSA) is 29.9 Å². The molecule has 0 aliphatic carbocycles. The molecule has 18 heavy (non-hydrogen) atoms. The van der Waals surface area contributed by atoms with Crippen LogP contribution in [0.15, 0.2) is 0 Å². The molecule has 0 radical (unpaired) electrons. The van der Waals surface area contributed by atoms with E-state index in [0.717, 1.165) is 13.0 Å². The second-order valence-electron chi connectivity index (χ2n) is 6.64. The highest BCUT2D eigenvalue weighted by molar-refractivity contribution is 5.25. The van der Waals surface area contributed by atoms with E-state index in [1.165, 1.54) is 23.4 Å². The minimum Gasteiger partial charge on any atom is -0.314 e. The highest BCUT2D eigenvalue weighted by Crippen LogP contribution is 2.18. The SMILES string of the molecule is Cc1nn(C)c(C)c1C[C@@H](C)NCCC(C)(C)C. The molecule has 0 fully saturated rings. The van der Waals surface area contributed by atoms with Crippen LogP contribution < -0.4 is 5.32 Å². The molecule has 1 heterocycles. The van der Waals surface area contributed by atoms with E-state index in [-0.39, 0.29) is 0 Å². The van der Waals surface area contributed by atoms with Gasteiger partial charge >= 0.3 is 0 Å². The molecule has 1 atom stereocenters. The summed E-state index contributed by atoms with van der Waals surface area (Å²) in [6.07, 6.45) is 2.28. The summed E-state index contributed by atoms with van der Waals surface area (Å²) < 4.78 is 1.98. The van der Waals surface area contributed by atoms with Crippen LogP contribution >= 0.6 is 0 Å². The lowest BCUT2D eigenvalue weighted by Crippen LogP contribution is -2.31. The van der Waals surface area contributed by atoms with Crippen LogP contribution in [0.2, 0.25) is 0 Å². The Morgan fingerprint density at radius 2 is 1.89 bits per heavy atom. The molecule has 104 valence electrons. The molecule has 0 unspecified atom stereocenters. The highest BCUT2D eigenvalue weighted by Gasteiger charge is 2.14. The first-order valence-electron chi connectivity index (χ1n) is 6.93. The van der Waals surface area contributed by atoms with E-state index in [1.807, 2.05) is 11.7 Å². The summed E-state index contributed by atoms with van der Waals surface area (Å²) in [4.78, 5) is 0. The normalized spacial score (nSPS) is 13.9. The van der Waals surface area contributed by atoms with E-state index in [4.69, 9.17) is 0 Å². The third kappa shape index (κ3) is 4.45. The van der Waals surface area contributed by atoms with Crippen LogP contribution in [-0.4, -0.2) is 22.4 Å². The fourth-order valence-electron chi connectivity index (χ4n) is 2.18. The Balaban J connectivity index is 2.47. The standard InChI is InChI=1S/C15H29N3/c1-11(16-9-8-15(4,5)6)10-14-12(2)17-18(7)13(14)3/h11,16H,8-10H2,1-7H3/t11-/m1/s1. The minimum atomic E-state index is 0.410. The summed E-state index contributed by atoms with van der Waals surface area (Å²) in [5, 5.41) is 8.09. The van der Waals surface area contributed by atoms with Crippen molar-refractivity contribution in [1.82, 2.24) is 15.1 Å². The van der Waals surface area contributed by atoms with Gasteiger partial charge in [0.25, 0.3) is 0 Å². The lowest BCUT2D eigenvalue weighted by atomic mass is 9.92. The molecule has 1 N–H and O–H groups in total. The maximum atomic E-state index is 4.47. The largest absolute Gasteiger partial charge is 0.314 e. The van der Waals surface area contributed by atoms with E-state index >= 15 is 0 Å². The number of nitrogens with zero attached hydrogens (tertiary/aromatic N) is 2. The van der Waals surface area contributed by atoms with Crippen LogP contribution in [0.1, 0.15) is 51.1 Å². The smallest absolute Gasteiger partial charge is 0.0628 e. The molecule has 0 aromatic carbocycles. The first-order valence-corrected chi connectivity index (χ1v) is 6.93. The van der Waals surface area contributed by atoms with Gasteiger partial charge < -0.3 is 5.32 Å². The van der Waals surface area contributed by atoms with Crippen molar-refractivity contribution in [3.05, 3.63) is 17.0 Å². The van der Waals surface area contributed by atoms with Gasteiger partial charge in [0, 0.05) is 18.8 Å². The van der Waals surface area contributed by atoms with Crippen molar-refractivity contribution in [3.63, 3.8) is 0 Å². The molecule has 3 nitrogen and oxygen atoms in total. The van der Waals surface area contributed by atoms with E-state index in [0.29, 0.717) is 11.5 Å². The van der Waals surface area contributed by atoms with Gasteiger partial charge in [0.15, 0.2) is 0 Å². The maximum Gasteiger partial charge on any atom is 0.0628 e. The molecular formula is C15H29N3. The molecule has 0 spiro atoms. The molecule has 1 rings (SSSR count). The third-order valence-electron chi connectivity index (χ3n) is 3.54. The van der Waals surface area contributed by atoms with E-state index in [2.05, 4.69) is 52.0 Å². The molecule has 0 amide bonds. The van der Waals surface area contributed by atoms with Crippen molar-refractivity contribution in [1.29, 1.82) is 0 Å². The molecule has 1 aromatic heterocycles. The van der Waals surface area contributed by atoms with Crippen LogP contribution in [0.25, 0.3) is 0 Å². The zero-order chi connectivity index (χ0) is 13.9. The molecule has 0 aliphatic heterocycles. The second kappa shape index (κ2) is 5.87. The highest BCUT2D eigenvalue weighted by atomic mass is 15.3. The van der Waals surface area contributed by atoms with Gasteiger partial charge in [-0.1, -0.05) is 20.8 Å². The summed E-state index contributed by atoms with van der Waals surface area (Å²) in [5.41, 5.74) is 4.26. The molecule has 1 aromatic rings. The number of nitrogens with one attached hydrogen (secondary N) is 1. The van der Waals surface area contributed by atoms with Crippen molar-refractivity contribution >= 4 is 0 Å². The van der Waals surface area contributed by atoms with Crippen molar-refractivity contribution in [2.24, 2.45) is 12.5 Å². The van der Waals surface area contributed by atoms with Gasteiger partial charge in [-0.25, -0.2) is 0 Å². The van der Waals surface area contributed by atoms with Gasteiger partial charge in [-0.3, -0.25) is 4.68 Å². The number of aryl methyl sites for hydroxylation is 2. The summed E-state index contributed by atoms with van der Waals surface area (Å²) in [7, 11) is 2.02. The molecule has 0 saturated heterocycles. The Kier molecular flexibility index (Phi) is 4.97. The van der Waals surface area contributed by atoms with E-state index in [1.54, 1.807) is 0 Å². The quantitative estimate of drug-likeness (QED) is 0.872. The van der Waals surface area contributed by atoms with Crippen molar-refractivity contribution in [3.8, 4) is 0 Å². The molecule has 0 aliphatic rings. The molecule has 3 heteroatoms. The van der Waals surface area contributed by atoms with Gasteiger partial charge in [0.1, 0.15) is 0 Å². The monoisotopic (exact) mass is 251 g/mol. The Bertz CT molecular complexity index is 385. The predicted molar refractivity (Wildman–Crippen MR) is 77.9 cm³/mol. The van der Waals surface area contributed by atoms with E-state index in [9.17, 15) is 0 Å². The van der Waals surface area contributed by atoms with Crippen LogP contribution in [-0.2, 0) is 13.5 Å². The van der Waals surface area contributed by atoms with Crippen molar-refractivity contribution in [2.45, 2.75) is 60.4 Å². The second-order valence-corrected chi connectivity index (χ2v) is 6.64. The van der Waals surface area contributed by atoms with Crippen LogP contribution in [0, 0.1) is 19.3 Å². The van der Waals surface area contributed by atoms with Crippen LogP contribution in [0.3, 0.4) is 0 Å². The number of rotatable bonds is 5. The number of hydrogen-bond acceptors (Lipinski definition) is 2. The zero-order valence-electron chi connectivity index (χ0n) is 13.1. The van der Waals surface area contributed by atoms with Crippen molar-refractivity contribution < 1.29 is 0 Å². The summed E-state index contributed by atoms with van der Waals surface area (Å²) in [6, 6.07) is 0.508.